The van der Waals surface area contributed by atoms with Crippen LogP contribution in [0.4, 0.5) is 20.2 Å². The van der Waals surface area contributed by atoms with Gasteiger partial charge in [0.05, 0.1) is 29.2 Å². The lowest BCUT2D eigenvalue weighted by Gasteiger charge is -2.39. The Bertz CT molecular complexity index is 1730. The van der Waals surface area contributed by atoms with Crippen molar-refractivity contribution in [2.45, 2.75) is 43.6 Å². The molecule has 3 aromatic carbocycles. The van der Waals surface area contributed by atoms with Crippen molar-refractivity contribution >= 4 is 28.2 Å². The number of benzene rings is 3. The number of nitrogens with two attached hydrogens (primary N) is 1. The van der Waals surface area contributed by atoms with Gasteiger partial charge in [-0.2, -0.15) is 0 Å². The molecule has 0 amide bonds. The van der Waals surface area contributed by atoms with Gasteiger partial charge in [-0.05, 0) is 54.7 Å². The molecule has 2 aliphatic rings. The molecule has 6 rings (SSSR count). The van der Waals surface area contributed by atoms with E-state index in [1.807, 2.05) is 24.3 Å². The molecule has 0 radical (unpaired) electrons. The van der Waals surface area contributed by atoms with E-state index in [4.69, 9.17) is 15.2 Å². The molecule has 4 aromatic rings. The van der Waals surface area contributed by atoms with E-state index in [0.717, 1.165) is 36.8 Å². The first kappa shape index (κ1) is 27.6. The second-order valence-corrected chi connectivity index (χ2v) is 11.0. The van der Waals surface area contributed by atoms with Crippen LogP contribution >= 0.6 is 0 Å². The summed E-state index contributed by atoms with van der Waals surface area (Å²) in [6, 6.07) is 13.9. The molecular formula is C32H31F2N3O5. The number of carboxylic acids is 1. The fraction of sp³-hybridized carbons (Fsp3) is 0.312. The van der Waals surface area contributed by atoms with E-state index >= 15 is 4.39 Å². The molecule has 0 saturated heterocycles. The highest BCUT2D eigenvalue weighted by Crippen LogP contribution is 2.49. The molecule has 1 aliphatic carbocycles. The number of hydrogen-bond acceptors (Lipinski definition) is 6. The van der Waals surface area contributed by atoms with Crippen molar-refractivity contribution in [2.24, 2.45) is 0 Å². The molecule has 0 bridgehead atoms. The molecule has 4 N–H and O–H groups in total. The van der Waals surface area contributed by atoms with E-state index in [-0.39, 0.29) is 41.7 Å². The first-order chi connectivity index (χ1) is 20.2. The van der Waals surface area contributed by atoms with Crippen molar-refractivity contribution in [3.05, 3.63) is 93.3 Å². The number of nitrogen functional groups attached to an aromatic ring is 1. The third-order valence-electron chi connectivity index (χ3n) is 8.66. The minimum Gasteiger partial charge on any atom is -0.497 e. The molecule has 8 nitrogen and oxygen atoms in total. The van der Waals surface area contributed by atoms with Crippen LogP contribution in [0.25, 0.3) is 10.9 Å². The van der Waals surface area contributed by atoms with Crippen molar-refractivity contribution in [1.82, 2.24) is 4.57 Å². The number of carboxylic acid groups (broad SMARTS) is 1. The zero-order valence-electron chi connectivity index (χ0n) is 23.1. The largest absolute Gasteiger partial charge is 0.497 e. The molecule has 218 valence electrons. The molecule has 1 aliphatic heterocycles. The average Bonchev–Trinajstić information content (AvgIpc) is 3.46. The Labute approximate surface area is 240 Å². The number of anilines is 2. The van der Waals surface area contributed by atoms with Crippen LogP contribution in [0.2, 0.25) is 0 Å². The second kappa shape index (κ2) is 10.7. The number of carbonyl (C=O) groups is 1. The van der Waals surface area contributed by atoms with Crippen LogP contribution in [0.1, 0.15) is 59.5 Å². The Hall–Kier alpha value is -4.60. The lowest BCUT2D eigenvalue weighted by molar-refractivity contribution is 0.0692. The highest BCUT2D eigenvalue weighted by Gasteiger charge is 2.43. The highest BCUT2D eigenvalue weighted by atomic mass is 19.1. The number of halogens is 2. The van der Waals surface area contributed by atoms with Gasteiger partial charge in [-0.15, -0.1) is 0 Å². The predicted octanol–water partition coefficient (Wildman–Crippen LogP) is 5.86. The first-order valence-electron chi connectivity index (χ1n) is 13.9. The van der Waals surface area contributed by atoms with Crippen LogP contribution in [0.15, 0.2) is 59.5 Å². The van der Waals surface area contributed by atoms with Crippen LogP contribution < -0.4 is 26.0 Å². The Balaban J connectivity index is 1.40. The Morgan fingerprint density at radius 2 is 1.76 bits per heavy atom. The number of fused-ring (bicyclic) bond motifs is 1. The number of nitrogens with zero attached hydrogens (tertiary/aromatic N) is 1. The summed E-state index contributed by atoms with van der Waals surface area (Å²) in [6.07, 6.45) is 5.19. The second-order valence-electron chi connectivity index (χ2n) is 11.0. The quantitative estimate of drug-likeness (QED) is 0.225. The number of ether oxygens (including phenoxy) is 2. The Morgan fingerprint density at radius 3 is 2.38 bits per heavy atom. The fourth-order valence-corrected chi connectivity index (χ4v) is 6.47. The van der Waals surface area contributed by atoms with Crippen LogP contribution in [0, 0.1) is 11.6 Å². The number of rotatable bonds is 8. The summed E-state index contributed by atoms with van der Waals surface area (Å²) in [5.41, 5.74) is 6.18. The van der Waals surface area contributed by atoms with Gasteiger partial charge in [0.2, 0.25) is 5.43 Å². The van der Waals surface area contributed by atoms with Crippen LogP contribution in [0.3, 0.4) is 0 Å². The summed E-state index contributed by atoms with van der Waals surface area (Å²) in [7, 11) is 1.59. The van der Waals surface area contributed by atoms with Crippen LogP contribution in [-0.2, 0) is 5.54 Å². The zero-order valence-corrected chi connectivity index (χ0v) is 23.1. The van der Waals surface area contributed by atoms with Crippen molar-refractivity contribution in [3.8, 4) is 11.5 Å². The summed E-state index contributed by atoms with van der Waals surface area (Å²) < 4.78 is 42.9. The zero-order chi connectivity index (χ0) is 29.6. The monoisotopic (exact) mass is 575 g/mol. The predicted molar refractivity (Wildman–Crippen MR) is 156 cm³/mol. The Kier molecular flexibility index (Phi) is 7.00. The molecule has 2 heterocycles. The fourth-order valence-electron chi connectivity index (χ4n) is 6.47. The summed E-state index contributed by atoms with van der Waals surface area (Å²) in [5, 5.41) is 12.7. The maximum Gasteiger partial charge on any atom is 0.341 e. The summed E-state index contributed by atoms with van der Waals surface area (Å²) in [6.45, 7) is 0.508. The minimum atomic E-state index is -1.39. The van der Waals surface area contributed by atoms with Crippen molar-refractivity contribution < 1.29 is 28.2 Å². The lowest BCUT2D eigenvalue weighted by atomic mass is 9.88. The summed E-state index contributed by atoms with van der Waals surface area (Å²) in [4.78, 5) is 25.2. The molecule has 1 unspecified atom stereocenters. The third-order valence-corrected chi connectivity index (χ3v) is 8.66. The number of hydrogen-bond donors (Lipinski definition) is 3. The van der Waals surface area contributed by atoms with Gasteiger partial charge >= 0.3 is 5.97 Å². The van der Waals surface area contributed by atoms with Crippen molar-refractivity contribution in [3.63, 3.8) is 0 Å². The average molecular weight is 576 g/mol. The minimum absolute atomic E-state index is 0.0247. The maximum absolute atomic E-state index is 15.9. The molecule has 10 heteroatoms. The third kappa shape index (κ3) is 4.51. The van der Waals surface area contributed by atoms with Gasteiger partial charge in [0.25, 0.3) is 0 Å². The van der Waals surface area contributed by atoms with Gasteiger partial charge in [0.1, 0.15) is 29.4 Å². The van der Waals surface area contributed by atoms with Gasteiger partial charge < -0.3 is 30.2 Å². The summed E-state index contributed by atoms with van der Waals surface area (Å²) in [5.74, 6) is -1.90. The van der Waals surface area contributed by atoms with Gasteiger partial charge in [-0.3, -0.25) is 4.79 Å². The number of nitrogens with one attached hydrogen (secondary N) is 1. The smallest absolute Gasteiger partial charge is 0.341 e. The van der Waals surface area contributed by atoms with Gasteiger partial charge in [-0.1, -0.05) is 37.1 Å². The molecule has 1 fully saturated rings. The molecule has 42 heavy (non-hydrogen) atoms. The summed E-state index contributed by atoms with van der Waals surface area (Å²) >= 11 is 0. The number of methoxy groups -OCH3 is 1. The topological polar surface area (TPSA) is 116 Å². The molecule has 1 aromatic heterocycles. The standard InChI is InChI=1S/C32H31F2N3O5/c1-41-21-10-6-19(7-11-21)22(18-4-8-20(33)9-5-18)12-15-36-27-25(34)26(35)24-28-30(27)42-17-32(13-2-3-14-32)37(28)16-23(29(24)38)31(39)40/h4-11,16,22,36H,2-3,12-15,17,35H2,1H3,(H,39,40). The Morgan fingerprint density at radius 1 is 1.12 bits per heavy atom. The SMILES string of the molecule is COc1ccc(C(CCNc2c(F)c(N)c3c(=O)c(C(=O)O)cn4c3c2OCC42CCCC2)c2ccc(F)cc2)cc1. The van der Waals surface area contributed by atoms with E-state index in [2.05, 4.69) is 5.32 Å². The van der Waals surface area contributed by atoms with Gasteiger partial charge in [0, 0.05) is 18.7 Å². The molecule has 1 saturated carbocycles. The van der Waals surface area contributed by atoms with E-state index in [0.29, 0.717) is 17.7 Å². The van der Waals surface area contributed by atoms with Crippen molar-refractivity contribution in [1.29, 1.82) is 0 Å². The van der Waals surface area contributed by atoms with Crippen LogP contribution in [-0.4, -0.2) is 35.9 Å². The van der Waals surface area contributed by atoms with Crippen molar-refractivity contribution in [2.75, 3.05) is 31.3 Å². The molecular weight excluding hydrogens is 544 g/mol. The number of aromatic nitrogens is 1. The van der Waals surface area contributed by atoms with Gasteiger partial charge in [-0.25, -0.2) is 13.6 Å². The van der Waals surface area contributed by atoms with Crippen LogP contribution in [0.5, 0.6) is 11.5 Å². The van der Waals surface area contributed by atoms with E-state index in [9.17, 15) is 19.1 Å². The maximum atomic E-state index is 15.9. The lowest BCUT2D eigenvalue weighted by Crippen LogP contribution is -2.42. The normalized spacial score (nSPS) is 15.9. The molecule has 1 atom stereocenters. The van der Waals surface area contributed by atoms with E-state index < -0.39 is 34.0 Å². The van der Waals surface area contributed by atoms with E-state index in [1.54, 1.807) is 23.8 Å². The highest BCUT2D eigenvalue weighted by molar-refractivity contribution is 6.03. The molecule has 1 spiro atoms. The van der Waals surface area contributed by atoms with E-state index in [1.165, 1.54) is 18.3 Å². The first-order valence-corrected chi connectivity index (χ1v) is 13.9. The number of pyridine rings is 1. The van der Waals surface area contributed by atoms with Gasteiger partial charge in [0.15, 0.2) is 11.6 Å². The number of aromatic carboxylic acids is 1.